The standard InChI is InChI=1S/C31H57NO6S/c1-3-5-7-9-11-13-15-17-19-21-23-25-29(33)28(27-39(36,37)38)32-31(35)30(34)26-24-22-20-18-16-14-12-10-8-6-4-2/h7,9,15,17,23,25,28-30,33-34H,3-6,8,10-14,16,18-22,24,26-27H2,1-2H3,(H,32,35)(H,36,37,38)/b9-7+,17-15+,25-23+. The van der Waals surface area contributed by atoms with E-state index < -0.39 is 40.0 Å². The molecule has 0 aliphatic rings. The Balaban J connectivity index is 4.33. The Bertz CT molecular complexity index is 778. The van der Waals surface area contributed by atoms with Crippen molar-refractivity contribution >= 4 is 16.0 Å². The maximum absolute atomic E-state index is 12.4. The van der Waals surface area contributed by atoms with Crippen LogP contribution < -0.4 is 5.32 Å². The molecule has 0 heterocycles. The zero-order chi connectivity index (χ0) is 29.2. The van der Waals surface area contributed by atoms with Gasteiger partial charge in [0, 0.05) is 0 Å². The summed E-state index contributed by atoms with van der Waals surface area (Å²) in [5.41, 5.74) is 0. The van der Waals surface area contributed by atoms with Gasteiger partial charge >= 0.3 is 0 Å². The Hall–Kier alpha value is -1.48. The van der Waals surface area contributed by atoms with Crippen LogP contribution in [0.15, 0.2) is 36.5 Å². The molecule has 0 fully saturated rings. The highest BCUT2D eigenvalue weighted by atomic mass is 32.2. The van der Waals surface area contributed by atoms with Crippen molar-refractivity contribution in [3.63, 3.8) is 0 Å². The predicted octanol–water partition coefficient (Wildman–Crippen LogP) is 6.81. The largest absolute Gasteiger partial charge is 0.387 e. The summed E-state index contributed by atoms with van der Waals surface area (Å²) in [6, 6.07) is -1.25. The van der Waals surface area contributed by atoms with Crippen molar-refractivity contribution in [2.24, 2.45) is 0 Å². The van der Waals surface area contributed by atoms with Gasteiger partial charge in [0.1, 0.15) is 6.10 Å². The molecular weight excluding hydrogens is 514 g/mol. The van der Waals surface area contributed by atoms with E-state index in [2.05, 4.69) is 43.5 Å². The van der Waals surface area contributed by atoms with Gasteiger partial charge in [0.15, 0.2) is 0 Å². The topological polar surface area (TPSA) is 124 Å². The lowest BCUT2D eigenvalue weighted by Crippen LogP contribution is -2.50. The van der Waals surface area contributed by atoms with Crippen molar-refractivity contribution in [2.45, 2.75) is 148 Å². The molecule has 0 aromatic carbocycles. The Kier molecular flexibility index (Phi) is 24.5. The van der Waals surface area contributed by atoms with Crippen LogP contribution in [0.4, 0.5) is 0 Å². The van der Waals surface area contributed by atoms with Crippen molar-refractivity contribution in [3.05, 3.63) is 36.5 Å². The van der Waals surface area contributed by atoms with E-state index in [0.29, 0.717) is 12.8 Å². The molecule has 0 rings (SSSR count). The Morgan fingerprint density at radius 1 is 0.692 bits per heavy atom. The van der Waals surface area contributed by atoms with E-state index in [0.717, 1.165) is 51.4 Å². The SMILES string of the molecule is CCC/C=C/CC/C=C/CC/C=C/C(O)C(CS(=O)(=O)O)NC(=O)C(O)CCCCCCCCCCCCC. The van der Waals surface area contributed by atoms with E-state index in [4.69, 9.17) is 0 Å². The van der Waals surface area contributed by atoms with Crippen LogP contribution >= 0.6 is 0 Å². The van der Waals surface area contributed by atoms with Gasteiger partial charge in [-0.3, -0.25) is 9.35 Å². The van der Waals surface area contributed by atoms with Gasteiger partial charge in [0.2, 0.25) is 5.91 Å². The molecule has 0 aliphatic carbocycles. The van der Waals surface area contributed by atoms with Gasteiger partial charge in [-0.2, -0.15) is 8.42 Å². The van der Waals surface area contributed by atoms with Gasteiger partial charge in [-0.15, -0.1) is 0 Å². The predicted molar refractivity (Wildman–Crippen MR) is 162 cm³/mol. The molecule has 1 amide bonds. The van der Waals surface area contributed by atoms with E-state index in [1.54, 1.807) is 6.08 Å². The molecule has 7 nitrogen and oxygen atoms in total. The quantitative estimate of drug-likeness (QED) is 0.0514. The average molecular weight is 572 g/mol. The third kappa shape index (κ3) is 25.2. The summed E-state index contributed by atoms with van der Waals surface area (Å²) in [4.78, 5) is 12.4. The monoisotopic (exact) mass is 571 g/mol. The molecule has 3 atom stereocenters. The highest BCUT2D eigenvalue weighted by Gasteiger charge is 2.27. The summed E-state index contributed by atoms with van der Waals surface area (Å²) in [5.74, 6) is -1.57. The molecule has 0 aromatic heterocycles. The van der Waals surface area contributed by atoms with Crippen LogP contribution in [0.1, 0.15) is 129 Å². The summed E-state index contributed by atoms with van der Waals surface area (Å²) in [6.07, 6.45) is 27.8. The fourth-order valence-electron chi connectivity index (χ4n) is 4.26. The second kappa shape index (κ2) is 25.5. The first-order chi connectivity index (χ1) is 18.7. The van der Waals surface area contributed by atoms with Gasteiger partial charge in [0.05, 0.1) is 17.9 Å². The number of carbonyl (C=O) groups is 1. The van der Waals surface area contributed by atoms with Crippen molar-refractivity contribution < 1.29 is 28.0 Å². The minimum Gasteiger partial charge on any atom is -0.387 e. The first-order valence-electron chi connectivity index (χ1n) is 15.3. The van der Waals surface area contributed by atoms with Crippen molar-refractivity contribution in [2.75, 3.05) is 5.75 Å². The van der Waals surface area contributed by atoms with Crippen LogP contribution in [0.5, 0.6) is 0 Å². The van der Waals surface area contributed by atoms with E-state index in [1.165, 1.54) is 51.0 Å². The van der Waals surface area contributed by atoms with Crippen LogP contribution in [-0.2, 0) is 14.9 Å². The number of amides is 1. The molecule has 8 heteroatoms. The van der Waals surface area contributed by atoms with Gasteiger partial charge in [0.25, 0.3) is 10.1 Å². The molecule has 0 aliphatic heterocycles. The van der Waals surface area contributed by atoms with Crippen LogP contribution in [-0.4, -0.2) is 53.1 Å². The van der Waals surface area contributed by atoms with Gasteiger partial charge in [-0.05, 0) is 38.5 Å². The van der Waals surface area contributed by atoms with Crippen molar-refractivity contribution in [1.82, 2.24) is 5.32 Å². The molecular formula is C31H57NO6S. The molecule has 0 aromatic rings. The number of hydrogen-bond donors (Lipinski definition) is 4. The fourth-order valence-corrected chi connectivity index (χ4v) is 4.99. The highest BCUT2D eigenvalue weighted by Crippen LogP contribution is 2.13. The lowest BCUT2D eigenvalue weighted by Gasteiger charge is -2.22. The van der Waals surface area contributed by atoms with E-state index >= 15 is 0 Å². The number of rotatable bonds is 26. The maximum Gasteiger partial charge on any atom is 0.267 e. The first-order valence-corrected chi connectivity index (χ1v) is 16.9. The molecule has 0 spiro atoms. The lowest BCUT2D eigenvalue weighted by atomic mass is 10.0. The Morgan fingerprint density at radius 2 is 1.15 bits per heavy atom. The van der Waals surface area contributed by atoms with Crippen LogP contribution in [0, 0.1) is 0 Å². The first kappa shape index (κ1) is 37.5. The number of aliphatic hydroxyl groups excluding tert-OH is 2. The Labute approximate surface area is 239 Å². The zero-order valence-electron chi connectivity index (χ0n) is 24.6. The molecule has 3 unspecified atom stereocenters. The smallest absolute Gasteiger partial charge is 0.267 e. The minimum absolute atomic E-state index is 0.272. The third-order valence-electron chi connectivity index (χ3n) is 6.64. The maximum atomic E-state index is 12.4. The second-order valence-corrected chi connectivity index (χ2v) is 12.0. The number of allylic oxidation sites excluding steroid dienone is 5. The zero-order valence-corrected chi connectivity index (χ0v) is 25.4. The summed E-state index contributed by atoms with van der Waals surface area (Å²) < 4.78 is 32.1. The molecule has 39 heavy (non-hydrogen) atoms. The molecule has 0 saturated heterocycles. The summed E-state index contributed by atoms with van der Waals surface area (Å²) in [7, 11) is -4.44. The van der Waals surface area contributed by atoms with E-state index in [1.807, 2.05) is 0 Å². The number of aliphatic hydroxyl groups is 2. The van der Waals surface area contributed by atoms with E-state index in [-0.39, 0.29) is 6.42 Å². The summed E-state index contributed by atoms with van der Waals surface area (Å²) >= 11 is 0. The molecule has 0 bridgehead atoms. The van der Waals surface area contributed by atoms with Crippen LogP contribution in [0.2, 0.25) is 0 Å². The number of nitrogens with one attached hydrogen (secondary N) is 1. The van der Waals surface area contributed by atoms with Crippen molar-refractivity contribution in [3.8, 4) is 0 Å². The molecule has 228 valence electrons. The third-order valence-corrected chi connectivity index (χ3v) is 7.42. The number of carbonyl (C=O) groups excluding carboxylic acids is 1. The van der Waals surface area contributed by atoms with E-state index in [9.17, 15) is 28.0 Å². The van der Waals surface area contributed by atoms with Gasteiger partial charge in [-0.25, -0.2) is 0 Å². The van der Waals surface area contributed by atoms with Crippen molar-refractivity contribution in [1.29, 1.82) is 0 Å². The molecule has 0 radical (unpaired) electrons. The summed E-state index contributed by atoms with van der Waals surface area (Å²) in [5, 5.41) is 23.1. The minimum atomic E-state index is -4.44. The van der Waals surface area contributed by atoms with Crippen LogP contribution in [0.3, 0.4) is 0 Å². The number of hydrogen-bond acceptors (Lipinski definition) is 5. The average Bonchev–Trinajstić information content (AvgIpc) is 2.88. The van der Waals surface area contributed by atoms with Gasteiger partial charge < -0.3 is 15.5 Å². The molecule has 4 N–H and O–H groups in total. The summed E-state index contributed by atoms with van der Waals surface area (Å²) in [6.45, 7) is 4.37. The fraction of sp³-hybridized carbons (Fsp3) is 0.774. The highest BCUT2D eigenvalue weighted by molar-refractivity contribution is 7.85. The molecule has 0 saturated carbocycles. The van der Waals surface area contributed by atoms with Gasteiger partial charge in [-0.1, -0.05) is 127 Å². The number of unbranched alkanes of at least 4 members (excludes halogenated alkanes) is 13. The Morgan fingerprint density at radius 3 is 1.64 bits per heavy atom. The normalized spacial score (nSPS) is 14.9. The second-order valence-electron chi connectivity index (χ2n) is 10.5. The van der Waals surface area contributed by atoms with Crippen LogP contribution in [0.25, 0.3) is 0 Å². The lowest BCUT2D eigenvalue weighted by molar-refractivity contribution is -0.130.